The molecule has 3 aromatic rings. The Morgan fingerprint density at radius 2 is 2.10 bits per heavy atom. The van der Waals surface area contributed by atoms with Gasteiger partial charge in [0.1, 0.15) is 17.2 Å². The number of aryl methyl sites for hydroxylation is 2. The Balaban J connectivity index is 2.36. The summed E-state index contributed by atoms with van der Waals surface area (Å²) in [6, 6.07) is 6.29. The smallest absolute Gasteiger partial charge is 0.165 e. The molecule has 0 unspecified atom stereocenters. The van der Waals surface area contributed by atoms with Crippen LogP contribution >= 0.6 is 23.2 Å². The maximum atomic E-state index is 14.2. The van der Waals surface area contributed by atoms with Crippen molar-refractivity contribution in [2.45, 2.75) is 13.3 Å². The molecule has 0 saturated heterocycles. The molecule has 3 rings (SSSR count). The van der Waals surface area contributed by atoms with Gasteiger partial charge in [-0.15, -0.1) is 11.6 Å². The third kappa shape index (κ3) is 2.49. The van der Waals surface area contributed by atoms with E-state index in [0.29, 0.717) is 34.5 Å². The Bertz CT molecular complexity index is 814. The van der Waals surface area contributed by atoms with Crippen molar-refractivity contribution < 1.29 is 4.39 Å². The molecule has 0 N–H and O–H groups in total. The minimum absolute atomic E-state index is 0.336. The molecule has 0 amide bonds. The predicted molar refractivity (Wildman–Crippen MR) is 83.0 cm³/mol. The van der Waals surface area contributed by atoms with Crippen molar-refractivity contribution in [2.24, 2.45) is 0 Å². The number of aromatic nitrogens is 3. The Hall–Kier alpha value is -1.65. The summed E-state index contributed by atoms with van der Waals surface area (Å²) in [5.41, 5.74) is 2.67. The summed E-state index contributed by atoms with van der Waals surface area (Å²) in [6.07, 6.45) is 2.20. The van der Waals surface area contributed by atoms with Crippen molar-refractivity contribution in [3.8, 4) is 5.69 Å². The Kier molecular flexibility index (Phi) is 3.83. The van der Waals surface area contributed by atoms with Crippen LogP contribution in [0.15, 0.2) is 30.5 Å². The second-order valence-electron chi connectivity index (χ2n) is 4.70. The second kappa shape index (κ2) is 5.62. The standard InChI is InChI=1S/C15H12Cl2FN3/c1-9-5-7-19-15-14(9)20-13(4-6-16)21(15)12-8-10(17)2-3-11(12)18/h2-3,5,7-8H,4,6H2,1H3. The average Bonchev–Trinajstić information content (AvgIpc) is 2.82. The molecule has 3 nitrogen and oxygen atoms in total. The number of imidazole rings is 1. The van der Waals surface area contributed by atoms with Crippen molar-refractivity contribution in [1.29, 1.82) is 0 Å². The molecule has 2 aromatic heterocycles. The van der Waals surface area contributed by atoms with E-state index in [9.17, 15) is 4.39 Å². The molecule has 2 heterocycles. The van der Waals surface area contributed by atoms with E-state index in [1.165, 1.54) is 12.1 Å². The van der Waals surface area contributed by atoms with Gasteiger partial charge in [-0.2, -0.15) is 0 Å². The van der Waals surface area contributed by atoms with Gasteiger partial charge in [0.05, 0.1) is 5.69 Å². The van der Waals surface area contributed by atoms with Crippen LogP contribution in [-0.4, -0.2) is 20.4 Å². The highest BCUT2D eigenvalue weighted by atomic mass is 35.5. The van der Waals surface area contributed by atoms with Gasteiger partial charge in [-0.3, -0.25) is 4.57 Å². The summed E-state index contributed by atoms with van der Waals surface area (Å²) in [5, 5.41) is 0.456. The van der Waals surface area contributed by atoms with Crippen molar-refractivity contribution in [1.82, 2.24) is 14.5 Å². The molecule has 1 aromatic carbocycles. The summed E-state index contributed by atoms with van der Waals surface area (Å²) >= 11 is 11.8. The highest BCUT2D eigenvalue weighted by molar-refractivity contribution is 6.30. The van der Waals surface area contributed by atoms with Crippen LogP contribution in [0.5, 0.6) is 0 Å². The molecule has 0 saturated carbocycles. The number of pyridine rings is 1. The molecule has 0 radical (unpaired) electrons. The van der Waals surface area contributed by atoms with E-state index in [0.717, 1.165) is 11.1 Å². The maximum Gasteiger partial charge on any atom is 0.165 e. The Morgan fingerprint density at radius 1 is 1.29 bits per heavy atom. The highest BCUT2D eigenvalue weighted by Gasteiger charge is 2.17. The number of hydrogen-bond donors (Lipinski definition) is 0. The average molecular weight is 324 g/mol. The molecule has 0 fully saturated rings. The summed E-state index contributed by atoms with van der Waals surface area (Å²) in [7, 11) is 0. The predicted octanol–water partition coefficient (Wildman–Crippen LogP) is 4.30. The molecule has 6 heteroatoms. The highest BCUT2D eigenvalue weighted by Crippen LogP contribution is 2.26. The molecule has 0 aliphatic rings. The van der Waals surface area contributed by atoms with E-state index in [2.05, 4.69) is 9.97 Å². The summed E-state index contributed by atoms with van der Waals surface area (Å²) in [6.45, 7) is 1.94. The lowest BCUT2D eigenvalue weighted by Gasteiger charge is -2.09. The van der Waals surface area contributed by atoms with Crippen LogP contribution in [0, 0.1) is 12.7 Å². The lowest BCUT2D eigenvalue weighted by atomic mass is 10.2. The molecule has 108 valence electrons. The van der Waals surface area contributed by atoms with Gasteiger partial charge >= 0.3 is 0 Å². The number of nitrogens with zero attached hydrogens (tertiary/aromatic N) is 3. The van der Waals surface area contributed by atoms with E-state index in [1.807, 2.05) is 13.0 Å². The largest absolute Gasteiger partial charge is 0.278 e. The number of halogens is 3. The lowest BCUT2D eigenvalue weighted by Crippen LogP contribution is -2.05. The van der Waals surface area contributed by atoms with Gasteiger partial charge in [0.2, 0.25) is 0 Å². The number of benzene rings is 1. The molecule has 21 heavy (non-hydrogen) atoms. The van der Waals surface area contributed by atoms with Crippen LogP contribution in [0.1, 0.15) is 11.4 Å². The molecule has 0 bridgehead atoms. The van der Waals surface area contributed by atoms with Crippen LogP contribution in [0.4, 0.5) is 4.39 Å². The van der Waals surface area contributed by atoms with Crippen molar-refractivity contribution in [2.75, 3.05) is 5.88 Å². The fourth-order valence-electron chi connectivity index (χ4n) is 2.30. The van der Waals surface area contributed by atoms with Crippen molar-refractivity contribution in [3.63, 3.8) is 0 Å². The van der Waals surface area contributed by atoms with Crippen LogP contribution in [0.25, 0.3) is 16.9 Å². The van der Waals surface area contributed by atoms with Gasteiger partial charge in [-0.05, 0) is 36.8 Å². The van der Waals surface area contributed by atoms with Gasteiger partial charge < -0.3 is 0 Å². The molecule has 0 aliphatic carbocycles. The summed E-state index contributed by atoms with van der Waals surface area (Å²) < 4.78 is 15.9. The zero-order valence-electron chi connectivity index (χ0n) is 11.3. The van der Waals surface area contributed by atoms with Gasteiger partial charge in [0.25, 0.3) is 0 Å². The maximum absolute atomic E-state index is 14.2. The minimum atomic E-state index is -0.377. The monoisotopic (exact) mass is 323 g/mol. The Labute approximate surface area is 131 Å². The minimum Gasteiger partial charge on any atom is -0.278 e. The zero-order valence-corrected chi connectivity index (χ0v) is 12.8. The molecule has 0 spiro atoms. The van der Waals surface area contributed by atoms with Crippen molar-refractivity contribution in [3.05, 3.63) is 52.7 Å². The number of alkyl halides is 1. The first-order valence-corrected chi connectivity index (χ1v) is 7.37. The quantitative estimate of drug-likeness (QED) is 0.673. The SMILES string of the molecule is Cc1ccnc2c1nc(CCCl)n2-c1cc(Cl)ccc1F. The first-order chi connectivity index (χ1) is 10.1. The van der Waals surface area contributed by atoms with E-state index < -0.39 is 0 Å². The number of fused-ring (bicyclic) bond motifs is 1. The van der Waals surface area contributed by atoms with Gasteiger partial charge in [0.15, 0.2) is 5.65 Å². The first kappa shape index (κ1) is 14.3. The van der Waals surface area contributed by atoms with Gasteiger partial charge in [-0.25, -0.2) is 14.4 Å². The van der Waals surface area contributed by atoms with E-state index >= 15 is 0 Å². The van der Waals surface area contributed by atoms with Gasteiger partial charge in [0, 0.05) is 23.5 Å². The van der Waals surface area contributed by atoms with Crippen LogP contribution in [0.3, 0.4) is 0 Å². The third-order valence-electron chi connectivity index (χ3n) is 3.28. The van der Waals surface area contributed by atoms with Crippen LogP contribution < -0.4 is 0 Å². The van der Waals surface area contributed by atoms with Crippen LogP contribution in [-0.2, 0) is 6.42 Å². The van der Waals surface area contributed by atoms with E-state index in [1.54, 1.807) is 16.8 Å². The third-order valence-corrected chi connectivity index (χ3v) is 3.71. The second-order valence-corrected chi connectivity index (χ2v) is 5.51. The molecule has 0 atom stereocenters. The summed E-state index contributed by atoms with van der Waals surface area (Å²) in [5.74, 6) is 0.686. The molecular formula is C15H12Cl2FN3. The topological polar surface area (TPSA) is 30.7 Å². The van der Waals surface area contributed by atoms with Crippen LogP contribution in [0.2, 0.25) is 5.02 Å². The zero-order chi connectivity index (χ0) is 15.0. The van der Waals surface area contributed by atoms with E-state index in [-0.39, 0.29) is 5.82 Å². The summed E-state index contributed by atoms with van der Waals surface area (Å²) in [4.78, 5) is 8.90. The fraction of sp³-hybridized carbons (Fsp3) is 0.200. The van der Waals surface area contributed by atoms with E-state index in [4.69, 9.17) is 23.2 Å². The Morgan fingerprint density at radius 3 is 2.86 bits per heavy atom. The lowest BCUT2D eigenvalue weighted by molar-refractivity contribution is 0.616. The number of rotatable bonds is 3. The fourth-order valence-corrected chi connectivity index (χ4v) is 2.64. The molecule has 0 aliphatic heterocycles. The van der Waals surface area contributed by atoms with Gasteiger partial charge in [-0.1, -0.05) is 11.6 Å². The number of hydrogen-bond acceptors (Lipinski definition) is 2. The first-order valence-electron chi connectivity index (χ1n) is 6.46. The molecular weight excluding hydrogens is 312 g/mol. The normalized spacial score (nSPS) is 11.2. The van der Waals surface area contributed by atoms with Crippen molar-refractivity contribution >= 4 is 34.4 Å².